The van der Waals surface area contributed by atoms with Crippen molar-refractivity contribution in [2.45, 2.75) is 19.1 Å². The highest BCUT2D eigenvalue weighted by atomic mass is 32.2. The van der Waals surface area contributed by atoms with Gasteiger partial charge in [-0.15, -0.1) is 11.3 Å². The smallest absolute Gasteiger partial charge is 0.352 e. The van der Waals surface area contributed by atoms with Crippen LogP contribution in [-0.4, -0.2) is 25.6 Å². The number of halogens is 3. The molecule has 0 aliphatic heterocycles. The minimum atomic E-state index is -4.40. The molecule has 0 unspecified atom stereocenters. The lowest BCUT2D eigenvalue weighted by Crippen LogP contribution is -2.24. The highest BCUT2D eigenvalue weighted by Crippen LogP contribution is 2.31. The number of nitrogens with zero attached hydrogens (tertiary/aromatic N) is 1. The number of sulfonamides is 1. The van der Waals surface area contributed by atoms with E-state index in [4.69, 9.17) is 0 Å². The highest BCUT2D eigenvalue weighted by molar-refractivity contribution is 7.92. The fraction of sp³-hybridized carbons (Fsp3) is 0.200. The Morgan fingerprint density at radius 3 is 2.48 bits per heavy atom. The summed E-state index contributed by atoms with van der Waals surface area (Å²) in [5.74, 6) is -0.286. The largest absolute Gasteiger partial charge is 0.416 e. The Balaban J connectivity index is 1.57. The van der Waals surface area contributed by atoms with Crippen LogP contribution in [0.3, 0.4) is 0 Å². The van der Waals surface area contributed by atoms with Gasteiger partial charge in [-0.25, -0.2) is 13.4 Å². The molecule has 1 heterocycles. The van der Waals surface area contributed by atoms with Crippen molar-refractivity contribution in [2.24, 2.45) is 0 Å². The van der Waals surface area contributed by atoms with Crippen molar-refractivity contribution in [3.8, 4) is 10.6 Å². The van der Waals surface area contributed by atoms with Crippen LogP contribution < -0.4 is 10.0 Å². The first-order valence-electron chi connectivity index (χ1n) is 8.95. The Kier molecular flexibility index (Phi) is 6.65. The SMILES string of the molecule is CS(=O)(=O)Nc1cccc(CNC(=O)Cc2csc(-c3ccc(C(F)(F)F)cc3)n2)c1. The molecule has 0 bridgehead atoms. The summed E-state index contributed by atoms with van der Waals surface area (Å²) in [4.78, 5) is 16.5. The molecule has 11 heteroatoms. The molecule has 3 rings (SSSR count). The molecule has 0 fully saturated rings. The van der Waals surface area contributed by atoms with Crippen molar-refractivity contribution in [2.75, 3.05) is 11.0 Å². The van der Waals surface area contributed by atoms with Gasteiger partial charge >= 0.3 is 6.18 Å². The van der Waals surface area contributed by atoms with E-state index in [2.05, 4.69) is 15.0 Å². The Bertz CT molecular complexity index is 1170. The monoisotopic (exact) mass is 469 g/mol. The van der Waals surface area contributed by atoms with Crippen molar-refractivity contribution in [1.82, 2.24) is 10.3 Å². The second-order valence-electron chi connectivity index (χ2n) is 6.75. The molecule has 2 N–H and O–H groups in total. The number of carbonyl (C=O) groups excluding carboxylic acids is 1. The maximum absolute atomic E-state index is 12.7. The van der Waals surface area contributed by atoms with Gasteiger partial charge in [-0.3, -0.25) is 9.52 Å². The van der Waals surface area contributed by atoms with Gasteiger partial charge in [0.2, 0.25) is 15.9 Å². The summed E-state index contributed by atoms with van der Waals surface area (Å²) in [6.07, 6.45) is -3.34. The van der Waals surface area contributed by atoms with E-state index >= 15 is 0 Å². The number of anilines is 1. The van der Waals surface area contributed by atoms with Gasteiger partial charge in [0.25, 0.3) is 0 Å². The average Bonchev–Trinajstić information content (AvgIpc) is 3.13. The van der Waals surface area contributed by atoms with Crippen molar-refractivity contribution in [3.05, 3.63) is 70.7 Å². The molecule has 6 nitrogen and oxygen atoms in total. The Morgan fingerprint density at radius 2 is 1.84 bits per heavy atom. The molecule has 164 valence electrons. The van der Waals surface area contributed by atoms with Crippen LogP contribution in [0.5, 0.6) is 0 Å². The maximum atomic E-state index is 12.7. The van der Waals surface area contributed by atoms with E-state index < -0.39 is 21.8 Å². The van der Waals surface area contributed by atoms with Crippen molar-refractivity contribution in [1.29, 1.82) is 0 Å². The molecule has 0 aliphatic carbocycles. The third kappa shape index (κ3) is 6.79. The second-order valence-corrected chi connectivity index (χ2v) is 9.35. The topological polar surface area (TPSA) is 88.2 Å². The average molecular weight is 470 g/mol. The molecule has 0 radical (unpaired) electrons. The zero-order valence-electron chi connectivity index (χ0n) is 16.2. The molecular formula is C20H18F3N3O3S2. The van der Waals surface area contributed by atoms with E-state index in [0.717, 1.165) is 18.4 Å². The molecule has 0 spiro atoms. The molecule has 0 saturated carbocycles. The third-order valence-electron chi connectivity index (χ3n) is 4.07. The van der Waals surface area contributed by atoms with Crippen molar-refractivity contribution < 1.29 is 26.4 Å². The zero-order chi connectivity index (χ0) is 22.6. The Labute approximate surface area is 181 Å². The number of hydrogen-bond acceptors (Lipinski definition) is 5. The van der Waals surface area contributed by atoms with E-state index in [1.54, 1.807) is 29.6 Å². The van der Waals surface area contributed by atoms with Gasteiger partial charge in [0, 0.05) is 23.2 Å². The number of nitrogens with one attached hydrogen (secondary N) is 2. The maximum Gasteiger partial charge on any atom is 0.416 e. The highest BCUT2D eigenvalue weighted by Gasteiger charge is 2.30. The third-order valence-corrected chi connectivity index (χ3v) is 5.62. The molecule has 0 atom stereocenters. The predicted octanol–water partition coefficient (Wildman–Crippen LogP) is 4.06. The van der Waals surface area contributed by atoms with Gasteiger partial charge in [-0.2, -0.15) is 13.2 Å². The van der Waals surface area contributed by atoms with Gasteiger partial charge in [-0.05, 0) is 29.8 Å². The molecule has 3 aromatic rings. The number of amides is 1. The minimum Gasteiger partial charge on any atom is -0.352 e. The van der Waals surface area contributed by atoms with E-state index in [-0.39, 0.29) is 18.9 Å². The first-order valence-corrected chi connectivity index (χ1v) is 11.7. The number of hydrogen-bond donors (Lipinski definition) is 2. The van der Waals surface area contributed by atoms with E-state index in [1.807, 2.05) is 0 Å². The van der Waals surface area contributed by atoms with Crippen LogP contribution in [0.25, 0.3) is 10.6 Å². The van der Waals surface area contributed by atoms with Crippen LogP contribution in [-0.2, 0) is 34.0 Å². The van der Waals surface area contributed by atoms with Crippen LogP contribution in [0.2, 0.25) is 0 Å². The number of aromatic nitrogens is 1. The zero-order valence-corrected chi connectivity index (χ0v) is 17.9. The molecule has 0 saturated heterocycles. The lowest BCUT2D eigenvalue weighted by molar-refractivity contribution is -0.137. The fourth-order valence-corrected chi connectivity index (χ4v) is 4.09. The molecule has 2 aromatic carbocycles. The van der Waals surface area contributed by atoms with Gasteiger partial charge in [0.15, 0.2) is 0 Å². The summed E-state index contributed by atoms with van der Waals surface area (Å²) in [6.45, 7) is 0.202. The van der Waals surface area contributed by atoms with Crippen LogP contribution in [0.15, 0.2) is 53.9 Å². The van der Waals surface area contributed by atoms with Crippen LogP contribution >= 0.6 is 11.3 Å². The number of thiazole rings is 1. The normalized spacial score (nSPS) is 11.9. The van der Waals surface area contributed by atoms with E-state index in [1.165, 1.54) is 23.5 Å². The molecule has 0 aliphatic rings. The predicted molar refractivity (Wildman–Crippen MR) is 113 cm³/mol. The van der Waals surface area contributed by atoms with Gasteiger partial charge < -0.3 is 5.32 Å². The fourth-order valence-electron chi connectivity index (χ4n) is 2.71. The van der Waals surface area contributed by atoms with Gasteiger partial charge in [0.05, 0.1) is 23.9 Å². The minimum absolute atomic E-state index is 0.0123. The van der Waals surface area contributed by atoms with Crippen molar-refractivity contribution in [3.63, 3.8) is 0 Å². The van der Waals surface area contributed by atoms with Crippen LogP contribution in [0, 0.1) is 0 Å². The van der Waals surface area contributed by atoms with E-state index in [9.17, 15) is 26.4 Å². The summed E-state index contributed by atoms with van der Waals surface area (Å²) in [5, 5.41) is 4.94. The number of rotatable bonds is 7. The summed E-state index contributed by atoms with van der Waals surface area (Å²) in [5.41, 5.74) is 1.42. The van der Waals surface area contributed by atoms with E-state index in [0.29, 0.717) is 27.5 Å². The number of benzene rings is 2. The first kappa shape index (κ1) is 22.8. The summed E-state index contributed by atoms with van der Waals surface area (Å²) in [6, 6.07) is 11.3. The quantitative estimate of drug-likeness (QED) is 0.546. The Hall–Kier alpha value is -2.92. The first-order chi connectivity index (χ1) is 14.5. The molecule has 1 aromatic heterocycles. The standard InChI is InChI=1S/C20H18F3N3O3S2/c1-31(28,29)26-16-4-2-3-13(9-16)11-24-18(27)10-17-12-30-19(25-17)14-5-7-15(8-6-14)20(21,22)23/h2-9,12,26H,10-11H2,1H3,(H,24,27). The van der Waals surface area contributed by atoms with Crippen molar-refractivity contribution >= 4 is 33.0 Å². The number of alkyl halides is 3. The number of carbonyl (C=O) groups is 1. The molecule has 31 heavy (non-hydrogen) atoms. The van der Waals surface area contributed by atoms with Crippen LogP contribution in [0.4, 0.5) is 18.9 Å². The van der Waals surface area contributed by atoms with Gasteiger partial charge in [-0.1, -0.05) is 24.3 Å². The summed E-state index contributed by atoms with van der Waals surface area (Å²) in [7, 11) is -3.40. The molecular weight excluding hydrogens is 451 g/mol. The summed E-state index contributed by atoms with van der Waals surface area (Å²) < 4.78 is 63.0. The second kappa shape index (κ2) is 9.06. The molecule has 1 amide bonds. The van der Waals surface area contributed by atoms with Crippen LogP contribution in [0.1, 0.15) is 16.8 Å². The summed E-state index contributed by atoms with van der Waals surface area (Å²) >= 11 is 1.24. The Morgan fingerprint density at radius 1 is 1.13 bits per heavy atom. The van der Waals surface area contributed by atoms with Gasteiger partial charge in [0.1, 0.15) is 5.01 Å². The lowest BCUT2D eigenvalue weighted by atomic mass is 10.1. The lowest BCUT2D eigenvalue weighted by Gasteiger charge is -2.08.